The number of halogens is 1. The molecule has 3 heteroatoms. The molecule has 0 aliphatic carbocycles. The van der Waals surface area contributed by atoms with E-state index in [0.717, 1.165) is 27.6 Å². The molecule has 0 fully saturated rings. The van der Waals surface area contributed by atoms with Crippen molar-refractivity contribution >= 4 is 22.5 Å². The van der Waals surface area contributed by atoms with Crippen LogP contribution in [0.5, 0.6) is 0 Å². The molecule has 26 heavy (non-hydrogen) atoms. The van der Waals surface area contributed by atoms with Crippen molar-refractivity contribution in [2.45, 2.75) is 19.8 Å². The predicted octanol–water partition coefficient (Wildman–Crippen LogP) is 6.41. The van der Waals surface area contributed by atoms with Crippen molar-refractivity contribution in [2.24, 2.45) is 0 Å². The van der Waals surface area contributed by atoms with Crippen LogP contribution in [0.15, 0.2) is 73.1 Å². The molecule has 0 amide bonds. The van der Waals surface area contributed by atoms with E-state index in [1.54, 1.807) is 0 Å². The number of pyridine rings is 2. The maximum atomic E-state index is 6.52. The Kier molecular flexibility index (Phi) is 4.44. The van der Waals surface area contributed by atoms with Gasteiger partial charge in [0.2, 0.25) is 0 Å². The number of fused-ring (bicyclic) bond motifs is 1. The first kappa shape index (κ1) is 16.7. The lowest BCUT2D eigenvalue weighted by Crippen LogP contribution is -1.98. The maximum absolute atomic E-state index is 6.52. The van der Waals surface area contributed by atoms with Gasteiger partial charge in [0, 0.05) is 29.3 Å². The van der Waals surface area contributed by atoms with Gasteiger partial charge in [0.05, 0.1) is 5.52 Å². The highest BCUT2D eigenvalue weighted by Gasteiger charge is 2.15. The average Bonchev–Trinajstić information content (AvgIpc) is 2.69. The van der Waals surface area contributed by atoms with E-state index < -0.39 is 0 Å². The van der Waals surface area contributed by atoms with Gasteiger partial charge < -0.3 is 0 Å². The second-order valence-corrected chi connectivity index (χ2v) is 6.91. The summed E-state index contributed by atoms with van der Waals surface area (Å²) in [5.41, 5.74) is 6.70. The normalized spacial score (nSPS) is 12.3. The third-order valence-corrected chi connectivity index (χ3v) is 5.27. The highest BCUT2D eigenvalue weighted by Crippen LogP contribution is 2.36. The number of hydrogen-bond donors (Lipinski definition) is 0. The van der Waals surface area contributed by atoms with Crippen LogP contribution in [0, 0.1) is 6.92 Å². The summed E-state index contributed by atoms with van der Waals surface area (Å²) in [6, 6.07) is 20.8. The largest absolute Gasteiger partial charge is 0.265 e. The summed E-state index contributed by atoms with van der Waals surface area (Å²) in [5, 5.41) is 1.70. The van der Waals surface area contributed by atoms with E-state index in [0.29, 0.717) is 5.15 Å². The summed E-state index contributed by atoms with van der Waals surface area (Å²) < 4.78 is 0. The smallest absolute Gasteiger partial charge is 0.137 e. The van der Waals surface area contributed by atoms with Gasteiger partial charge in [0.1, 0.15) is 5.15 Å². The van der Waals surface area contributed by atoms with E-state index in [2.05, 4.69) is 66.3 Å². The summed E-state index contributed by atoms with van der Waals surface area (Å²) >= 11 is 6.52. The fourth-order valence-electron chi connectivity index (χ4n) is 3.46. The number of rotatable bonds is 3. The van der Waals surface area contributed by atoms with Gasteiger partial charge in [-0.15, -0.1) is 0 Å². The fraction of sp³-hybridized carbons (Fsp3) is 0.130. The quantitative estimate of drug-likeness (QED) is 0.395. The van der Waals surface area contributed by atoms with E-state index in [-0.39, 0.29) is 5.92 Å². The summed E-state index contributed by atoms with van der Waals surface area (Å²) in [7, 11) is 0. The van der Waals surface area contributed by atoms with Crippen LogP contribution in [0.25, 0.3) is 22.0 Å². The van der Waals surface area contributed by atoms with E-state index in [4.69, 9.17) is 11.6 Å². The molecular weight excluding hydrogens is 340 g/mol. The standard InChI is InChI=1S/C23H19ClN2/c1-15(17-10-12-25-13-11-17)19-8-9-21-20(14-19)16(2)22(23(24)26-21)18-6-4-3-5-7-18/h3-15H,1-2H3. The third-order valence-electron chi connectivity index (χ3n) is 4.99. The maximum Gasteiger partial charge on any atom is 0.137 e. The van der Waals surface area contributed by atoms with Crippen LogP contribution in [-0.2, 0) is 0 Å². The van der Waals surface area contributed by atoms with Crippen LogP contribution in [-0.4, -0.2) is 9.97 Å². The molecule has 2 heterocycles. The summed E-state index contributed by atoms with van der Waals surface area (Å²) in [4.78, 5) is 8.76. The zero-order valence-electron chi connectivity index (χ0n) is 14.8. The molecule has 2 nitrogen and oxygen atoms in total. The van der Waals surface area contributed by atoms with Gasteiger partial charge in [-0.05, 0) is 53.4 Å². The zero-order valence-corrected chi connectivity index (χ0v) is 15.5. The third kappa shape index (κ3) is 2.97. The van der Waals surface area contributed by atoms with Crippen LogP contribution >= 0.6 is 11.6 Å². The highest BCUT2D eigenvalue weighted by molar-refractivity contribution is 6.33. The van der Waals surface area contributed by atoms with Crippen LogP contribution < -0.4 is 0 Å². The molecule has 2 aromatic carbocycles. The van der Waals surface area contributed by atoms with Crippen molar-refractivity contribution in [1.82, 2.24) is 9.97 Å². The number of nitrogens with zero attached hydrogens (tertiary/aromatic N) is 2. The predicted molar refractivity (Wildman–Crippen MR) is 109 cm³/mol. The Hall–Kier alpha value is -2.71. The van der Waals surface area contributed by atoms with Crippen molar-refractivity contribution < 1.29 is 0 Å². The Balaban J connectivity index is 1.88. The van der Waals surface area contributed by atoms with E-state index in [9.17, 15) is 0 Å². The summed E-state index contributed by atoms with van der Waals surface area (Å²) in [6.07, 6.45) is 3.68. The Labute approximate surface area is 158 Å². The number of aryl methyl sites for hydroxylation is 1. The minimum atomic E-state index is 0.289. The second kappa shape index (κ2) is 6.89. The minimum absolute atomic E-state index is 0.289. The number of benzene rings is 2. The number of aromatic nitrogens is 2. The molecule has 0 bridgehead atoms. The van der Waals surface area contributed by atoms with Crippen molar-refractivity contribution in [3.8, 4) is 11.1 Å². The van der Waals surface area contributed by atoms with Crippen LogP contribution in [0.4, 0.5) is 0 Å². The highest BCUT2D eigenvalue weighted by atomic mass is 35.5. The van der Waals surface area contributed by atoms with Crippen LogP contribution in [0.3, 0.4) is 0 Å². The monoisotopic (exact) mass is 358 g/mol. The minimum Gasteiger partial charge on any atom is -0.265 e. The summed E-state index contributed by atoms with van der Waals surface area (Å²) in [6.45, 7) is 4.34. The van der Waals surface area contributed by atoms with E-state index >= 15 is 0 Å². The molecule has 1 unspecified atom stereocenters. The molecule has 0 aliphatic heterocycles. The molecule has 1 atom stereocenters. The van der Waals surface area contributed by atoms with Gasteiger partial charge in [0.15, 0.2) is 0 Å². The molecule has 4 rings (SSSR count). The van der Waals surface area contributed by atoms with Crippen molar-refractivity contribution in [2.75, 3.05) is 0 Å². The first-order valence-electron chi connectivity index (χ1n) is 8.70. The van der Waals surface area contributed by atoms with Gasteiger partial charge >= 0.3 is 0 Å². The first-order valence-corrected chi connectivity index (χ1v) is 9.08. The molecule has 128 valence electrons. The van der Waals surface area contributed by atoms with Crippen molar-refractivity contribution in [3.63, 3.8) is 0 Å². The lowest BCUT2D eigenvalue weighted by atomic mass is 9.91. The van der Waals surface area contributed by atoms with Crippen molar-refractivity contribution in [1.29, 1.82) is 0 Å². The lowest BCUT2D eigenvalue weighted by Gasteiger charge is -2.16. The Morgan fingerprint density at radius 2 is 1.62 bits per heavy atom. The van der Waals surface area contributed by atoms with E-state index in [1.807, 2.05) is 30.6 Å². The molecule has 2 aromatic heterocycles. The summed E-state index contributed by atoms with van der Waals surface area (Å²) in [5.74, 6) is 0.289. The topological polar surface area (TPSA) is 25.8 Å². The van der Waals surface area contributed by atoms with Crippen LogP contribution in [0.1, 0.15) is 29.5 Å². The lowest BCUT2D eigenvalue weighted by molar-refractivity contribution is 0.919. The van der Waals surface area contributed by atoms with Gasteiger partial charge in [-0.3, -0.25) is 4.98 Å². The molecule has 0 aliphatic rings. The number of hydrogen-bond acceptors (Lipinski definition) is 2. The Morgan fingerprint density at radius 3 is 2.35 bits per heavy atom. The molecule has 4 aromatic rings. The Morgan fingerprint density at radius 1 is 0.885 bits per heavy atom. The molecule has 0 saturated heterocycles. The molecular formula is C23H19ClN2. The average molecular weight is 359 g/mol. The Bertz CT molecular complexity index is 1060. The molecule has 0 spiro atoms. The zero-order chi connectivity index (χ0) is 18.1. The molecule has 0 radical (unpaired) electrons. The van der Waals surface area contributed by atoms with Gasteiger partial charge in [-0.2, -0.15) is 0 Å². The fourth-order valence-corrected chi connectivity index (χ4v) is 3.80. The second-order valence-electron chi connectivity index (χ2n) is 6.55. The van der Waals surface area contributed by atoms with Gasteiger partial charge in [-0.25, -0.2) is 4.98 Å². The van der Waals surface area contributed by atoms with Crippen LogP contribution in [0.2, 0.25) is 5.15 Å². The molecule has 0 N–H and O–H groups in total. The van der Waals surface area contributed by atoms with Gasteiger partial charge in [0.25, 0.3) is 0 Å². The van der Waals surface area contributed by atoms with Crippen molar-refractivity contribution in [3.05, 3.63) is 94.9 Å². The first-order chi connectivity index (χ1) is 12.6. The van der Waals surface area contributed by atoms with Gasteiger partial charge in [-0.1, -0.05) is 54.9 Å². The molecule has 0 saturated carbocycles. The SMILES string of the molecule is Cc1c(-c2ccccc2)c(Cl)nc2ccc(C(C)c3ccncc3)cc12. The van der Waals surface area contributed by atoms with E-state index in [1.165, 1.54) is 11.1 Å².